The molecule has 0 radical (unpaired) electrons. The Bertz CT molecular complexity index is 801. The normalized spacial score (nSPS) is 16.0. The van der Waals surface area contributed by atoms with Crippen molar-refractivity contribution in [3.63, 3.8) is 0 Å². The van der Waals surface area contributed by atoms with Crippen LogP contribution in [0, 0.1) is 0 Å². The van der Waals surface area contributed by atoms with Crippen LogP contribution in [0.3, 0.4) is 0 Å². The van der Waals surface area contributed by atoms with Crippen LogP contribution in [0.25, 0.3) is 11.0 Å². The molecule has 3 nitrogen and oxygen atoms in total. The number of benzene rings is 2. The van der Waals surface area contributed by atoms with Gasteiger partial charge in [-0.1, -0.05) is 35.9 Å². The molecule has 0 unspecified atom stereocenters. The van der Waals surface area contributed by atoms with Crippen LogP contribution in [0.1, 0.15) is 30.1 Å². The number of para-hydroxylation sites is 2. The van der Waals surface area contributed by atoms with Crippen LogP contribution in [0.2, 0.25) is 5.02 Å². The van der Waals surface area contributed by atoms with E-state index >= 15 is 0 Å². The number of rotatable bonds is 3. The van der Waals surface area contributed by atoms with Crippen molar-refractivity contribution in [3.8, 4) is 0 Å². The second-order valence-electron chi connectivity index (χ2n) is 6.20. The Morgan fingerprint density at radius 3 is 2.57 bits per heavy atom. The summed E-state index contributed by atoms with van der Waals surface area (Å²) in [5.41, 5.74) is 3.57. The van der Waals surface area contributed by atoms with Gasteiger partial charge in [0.05, 0.1) is 11.0 Å². The van der Waals surface area contributed by atoms with E-state index in [0.717, 1.165) is 43.0 Å². The Hall–Kier alpha value is -1.84. The van der Waals surface area contributed by atoms with Crippen molar-refractivity contribution >= 4 is 22.6 Å². The number of piperidine rings is 1. The van der Waals surface area contributed by atoms with Gasteiger partial charge in [0.2, 0.25) is 0 Å². The lowest BCUT2D eigenvalue weighted by Crippen LogP contribution is -2.28. The molecule has 2 aromatic carbocycles. The third-order valence-corrected chi connectivity index (χ3v) is 4.89. The predicted molar refractivity (Wildman–Crippen MR) is 95.1 cm³/mol. The maximum Gasteiger partial charge on any atom is 0.113 e. The molecule has 0 bridgehead atoms. The average molecular weight is 326 g/mol. The molecule has 0 spiro atoms. The molecule has 118 valence electrons. The van der Waals surface area contributed by atoms with Crippen molar-refractivity contribution in [1.82, 2.24) is 14.9 Å². The van der Waals surface area contributed by atoms with Gasteiger partial charge in [0.25, 0.3) is 0 Å². The van der Waals surface area contributed by atoms with E-state index in [0.29, 0.717) is 5.92 Å². The van der Waals surface area contributed by atoms with E-state index in [-0.39, 0.29) is 0 Å². The number of hydrogen-bond acceptors (Lipinski definition) is 2. The number of nitrogens with one attached hydrogen (secondary N) is 1. The summed E-state index contributed by atoms with van der Waals surface area (Å²) in [6.45, 7) is 3.00. The van der Waals surface area contributed by atoms with E-state index in [4.69, 9.17) is 16.6 Å². The number of imidazole rings is 1. The highest BCUT2D eigenvalue weighted by Gasteiger charge is 2.22. The summed E-state index contributed by atoms with van der Waals surface area (Å²) >= 11 is 6.02. The fourth-order valence-corrected chi connectivity index (χ4v) is 3.55. The second kappa shape index (κ2) is 6.34. The molecule has 4 rings (SSSR count). The van der Waals surface area contributed by atoms with Gasteiger partial charge < -0.3 is 9.88 Å². The molecule has 1 fully saturated rings. The minimum absolute atomic E-state index is 0.538. The Labute approximate surface area is 141 Å². The lowest BCUT2D eigenvalue weighted by atomic mass is 9.97. The van der Waals surface area contributed by atoms with Gasteiger partial charge in [-0.3, -0.25) is 0 Å². The first-order chi connectivity index (χ1) is 11.3. The van der Waals surface area contributed by atoms with Crippen LogP contribution in [0.5, 0.6) is 0 Å². The van der Waals surface area contributed by atoms with Gasteiger partial charge in [-0.25, -0.2) is 4.98 Å². The van der Waals surface area contributed by atoms with Crippen molar-refractivity contribution in [2.45, 2.75) is 25.3 Å². The minimum atomic E-state index is 0.538. The molecule has 0 saturated carbocycles. The lowest BCUT2D eigenvalue weighted by Gasteiger charge is -2.23. The molecule has 0 amide bonds. The standard InChI is InChI=1S/C19H20ClN3/c20-16-7-5-14(6-8-16)13-23-18-4-2-1-3-17(18)22-19(23)15-9-11-21-12-10-15/h1-8,15,21H,9-13H2. The molecular weight excluding hydrogens is 306 g/mol. The molecule has 1 saturated heterocycles. The van der Waals surface area contributed by atoms with Crippen molar-refractivity contribution in [2.24, 2.45) is 0 Å². The van der Waals surface area contributed by atoms with Gasteiger partial charge in [-0.05, 0) is 55.8 Å². The van der Waals surface area contributed by atoms with Crippen molar-refractivity contribution in [1.29, 1.82) is 0 Å². The smallest absolute Gasteiger partial charge is 0.113 e. The fourth-order valence-electron chi connectivity index (χ4n) is 3.42. The van der Waals surface area contributed by atoms with Crippen LogP contribution in [-0.4, -0.2) is 22.6 Å². The molecule has 3 aromatic rings. The first-order valence-electron chi connectivity index (χ1n) is 8.21. The molecule has 0 aliphatic carbocycles. The van der Waals surface area contributed by atoms with E-state index in [9.17, 15) is 0 Å². The summed E-state index contributed by atoms with van der Waals surface area (Å²) in [4.78, 5) is 4.96. The Morgan fingerprint density at radius 2 is 1.78 bits per heavy atom. The highest BCUT2D eigenvalue weighted by Crippen LogP contribution is 2.29. The van der Waals surface area contributed by atoms with E-state index in [1.807, 2.05) is 12.1 Å². The van der Waals surface area contributed by atoms with Gasteiger partial charge in [-0.2, -0.15) is 0 Å². The summed E-state index contributed by atoms with van der Waals surface area (Å²) in [7, 11) is 0. The third kappa shape index (κ3) is 2.99. The van der Waals surface area contributed by atoms with Gasteiger partial charge >= 0.3 is 0 Å². The summed E-state index contributed by atoms with van der Waals surface area (Å²) in [5.74, 6) is 1.76. The Morgan fingerprint density at radius 1 is 1.04 bits per heavy atom. The van der Waals surface area contributed by atoms with Crippen LogP contribution in [0.4, 0.5) is 0 Å². The maximum atomic E-state index is 6.02. The second-order valence-corrected chi connectivity index (χ2v) is 6.63. The zero-order chi connectivity index (χ0) is 15.6. The Kier molecular flexibility index (Phi) is 4.06. The lowest BCUT2D eigenvalue weighted by molar-refractivity contribution is 0.435. The Balaban J connectivity index is 1.77. The summed E-state index contributed by atoms with van der Waals surface area (Å²) < 4.78 is 2.38. The van der Waals surface area contributed by atoms with Gasteiger partial charge in [0.15, 0.2) is 0 Å². The number of fused-ring (bicyclic) bond motifs is 1. The first kappa shape index (κ1) is 14.7. The van der Waals surface area contributed by atoms with Gasteiger partial charge in [0, 0.05) is 17.5 Å². The third-order valence-electron chi connectivity index (χ3n) is 4.64. The number of nitrogens with zero attached hydrogens (tertiary/aromatic N) is 2. The zero-order valence-electron chi connectivity index (χ0n) is 13.0. The fraction of sp³-hybridized carbons (Fsp3) is 0.316. The first-order valence-corrected chi connectivity index (χ1v) is 8.59. The van der Waals surface area contributed by atoms with Gasteiger partial charge in [0.1, 0.15) is 5.82 Å². The number of halogens is 1. The molecule has 23 heavy (non-hydrogen) atoms. The molecule has 4 heteroatoms. The van der Waals surface area contributed by atoms with Crippen LogP contribution < -0.4 is 5.32 Å². The highest BCUT2D eigenvalue weighted by atomic mass is 35.5. The van der Waals surface area contributed by atoms with Crippen LogP contribution in [-0.2, 0) is 6.54 Å². The molecule has 1 N–H and O–H groups in total. The van der Waals surface area contributed by atoms with E-state index < -0.39 is 0 Å². The molecular formula is C19H20ClN3. The predicted octanol–water partition coefficient (Wildman–Crippen LogP) is 4.21. The number of aromatic nitrogens is 2. The molecule has 1 aromatic heterocycles. The highest BCUT2D eigenvalue weighted by molar-refractivity contribution is 6.30. The van der Waals surface area contributed by atoms with Crippen molar-refractivity contribution < 1.29 is 0 Å². The summed E-state index contributed by atoms with van der Waals surface area (Å²) in [6.07, 6.45) is 2.31. The van der Waals surface area contributed by atoms with E-state index in [1.165, 1.54) is 16.9 Å². The van der Waals surface area contributed by atoms with E-state index in [1.54, 1.807) is 0 Å². The molecule has 0 atom stereocenters. The van der Waals surface area contributed by atoms with Crippen molar-refractivity contribution in [2.75, 3.05) is 13.1 Å². The quantitative estimate of drug-likeness (QED) is 0.782. The van der Waals surface area contributed by atoms with E-state index in [2.05, 4.69) is 46.3 Å². The molecule has 1 aliphatic rings. The molecule has 2 heterocycles. The summed E-state index contributed by atoms with van der Waals surface area (Å²) in [5, 5.41) is 4.22. The van der Waals surface area contributed by atoms with Crippen molar-refractivity contribution in [3.05, 3.63) is 64.9 Å². The SMILES string of the molecule is Clc1ccc(Cn2c(C3CCNCC3)nc3ccccc32)cc1. The molecule has 1 aliphatic heterocycles. The zero-order valence-corrected chi connectivity index (χ0v) is 13.8. The monoisotopic (exact) mass is 325 g/mol. The topological polar surface area (TPSA) is 29.9 Å². The average Bonchev–Trinajstić information content (AvgIpc) is 2.96. The van der Waals surface area contributed by atoms with Crippen LogP contribution in [0.15, 0.2) is 48.5 Å². The minimum Gasteiger partial charge on any atom is -0.323 e. The maximum absolute atomic E-state index is 6.02. The number of hydrogen-bond donors (Lipinski definition) is 1. The van der Waals surface area contributed by atoms with Gasteiger partial charge in [-0.15, -0.1) is 0 Å². The summed E-state index contributed by atoms with van der Waals surface area (Å²) in [6, 6.07) is 16.6. The largest absolute Gasteiger partial charge is 0.323 e. The van der Waals surface area contributed by atoms with Crippen LogP contribution >= 0.6 is 11.6 Å².